The van der Waals surface area contributed by atoms with E-state index in [2.05, 4.69) is 29.3 Å². The fourth-order valence-corrected chi connectivity index (χ4v) is 4.71. The van der Waals surface area contributed by atoms with Crippen molar-refractivity contribution < 1.29 is 4.79 Å². The van der Waals surface area contributed by atoms with Gasteiger partial charge in [0, 0.05) is 29.4 Å². The maximum absolute atomic E-state index is 13.0. The molecular formula is C21H16N2O. The van der Waals surface area contributed by atoms with Crippen molar-refractivity contribution in [2.45, 2.75) is 31.1 Å². The van der Waals surface area contributed by atoms with Crippen LogP contribution in [-0.4, -0.2) is 10.8 Å². The van der Waals surface area contributed by atoms with E-state index in [0.717, 1.165) is 35.9 Å². The maximum atomic E-state index is 13.0. The lowest BCUT2D eigenvalue weighted by molar-refractivity contribution is -0.121. The van der Waals surface area contributed by atoms with E-state index in [1.807, 2.05) is 24.3 Å². The number of nitriles is 1. The lowest BCUT2D eigenvalue weighted by Crippen LogP contribution is -2.37. The number of hydrogen-bond donors (Lipinski definition) is 1. The van der Waals surface area contributed by atoms with Gasteiger partial charge in [-0.3, -0.25) is 4.79 Å². The zero-order valence-corrected chi connectivity index (χ0v) is 13.2. The van der Waals surface area contributed by atoms with Gasteiger partial charge < -0.3 is 4.98 Å². The van der Waals surface area contributed by atoms with Crippen LogP contribution in [0.25, 0.3) is 10.9 Å². The number of Topliss-reactive ketones (excluding diaryl/α,β-unsaturated/α-hetero) is 1. The van der Waals surface area contributed by atoms with E-state index in [1.54, 1.807) is 0 Å². The van der Waals surface area contributed by atoms with Gasteiger partial charge in [-0.1, -0.05) is 30.3 Å². The Labute approximate surface area is 139 Å². The van der Waals surface area contributed by atoms with Crippen LogP contribution in [0.15, 0.2) is 42.5 Å². The molecule has 1 unspecified atom stereocenters. The highest BCUT2D eigenvalue weighted by Crippen LogP contribution is 2.50. The smallest absolute Gasteiger partial charge is 0.149 e. The van der Waals surface area contributed by atoms with Crippen LogP contribution < -0.4 is 0 Å². The molecule has 2 aromatic carbocycles. The second kappa shape index (κ2) is 4.58. The molecule has 0 bridgehead atoms. The third-order valence-corrected chi connectivity index (χ3v) is 5.74. The Morgan fingerprint density at radius 2 is 2.04 bits per heavy atom. The van der Waals surface area contributed by atoms with Crippen molar-refractivity contribution in [2.24, 2.45) is 0 Å². The van der Waals surface area contributed by atoms with Gasteiger partial charge in [0.1, 0.15) is 5.78 Å². The molecule has 1 fully saturated rings. The van der Waals surface area contributed by atoms with E-state index < -0.39 is 5.41 Å². The van der Waals surface area contributed by atoms with Crippen LogP contribution in [-0.2, 0) is 16.6 Å². The Balaban J connectivity index is 1.88. The normalized spacial score (nSPS) is 21.7. The van der Waals surface area contributed by atoms with E-state index in [1.165, 1.54) is 16.7 Å². The Morgan fingerprint density at radius 1 is 1.17 bits per heavy atom. The number of aromatic nitrogens is 1. The summed E-state index contributed by atoms with van der Waals surface area (Å²) < 4.78 is 0. The molecule has 1 saturated carbocycles. The monoisotopic (exact) mass is 312 g/mol. The summed E-state index contributed by atoms with van der Waals surface area (Å²) in [4.78, 5) is 16.5. The summed E-state index contributed by atoms with van der Waals surface area (Å²) in [6.45, 7) is 0. The second-order valence-electron chi connectivity index (χ2n) is 6.87. The van der Waals surface area contributed by atoms with Crippen LogP contribution in [0.5, 0.6) is 0 Å². The highest BCUT2D eigenvalue weighted by atomic mass is 16.1. The van der Waals surface area contributed by atoms with Gasteiger partial charge in [-0.15, -0.1) is 0 Å². The van der Waals surface area contributed by atoms with Gasteiger partial charge in [0.2, 0.25) is 0 Å². The summed E-state index contributed by atoms with van der Waals surface area (Å²) in [5, 5.41) is 10.3. The summed E-state index contributed by atoms with van der Waals surface area (Å²) in [6, 6.07) is 16.3. The minimum Gasteiger partial charge on any atom is -0.357 e. The number of hydrogen-bond acceptors (Lipinski definition) is 2. The number of fused-ring (bicyclic) bond motifs is 6. The van der Waals surface area contributed by atoms with E-state index in [9.17, 15) is 10.1 Å². The molecule has 3 aromatic rings. The Bertz CT molecular complexity index is 1050. The predicted molar refractivity (Wildman–Crippen MR) is 91.9 cm³/mol. The molecule has 2 aliphatic rings. The van der Waals surface area contributed by atoms with E-state index in [0.29, 0.717) is 17.8 Å². The molecular weight excluding hydrogens is 296 g/mol. The number of rotatable bonds is 0. The molecule has 3 nitrogen and oxygen atoms in total. The summed E-state index contributed by atoms with van der Waals surface area (Å²) >= 11 is 0. The van der Waals surface area contributed by atoms with Gasteiger partial charge in [0.25, 0.3) is 0 Å². The van der Waals surface area contributed by atoms with E-state index in [4.69, 9.17) is 0 Å². The summed E-state index contributed by atoms with van der Waals surface area (Å²) in [5.41, 5.74) is 5.81. The summed E-state index contributed by atoms with van der Waals surface area (Å²) in [5.74, 6) is 0.322. The number of nitrogens with zero attached hydrogens (tertiary/aromatic N) is 1. The molecule has 0 aliphatic heterocycles. The van der Waals surface area contributed by atoms with Gasteiger partial charge in [0.15, 0.2) is 0 Å². The number of ketones is 1. The molecule has 1 spiro atoms. The molecule has 0 saturated heterocycles. The molecule has 1 atom stereocenters. The molecule has 1 N–H and O–H groups in total. The first-order valence-electron chi connectivity index (χ1n) is 8.41. The first-order valence-corrected chi connectivity index (χ1v) is 8.41. The largest absolute Gasteiger partial charge is 0.357 e. The highest BCUT2D eigenvalue weighted by Gasteiger charge is 2.50. The van der Waals surface area contributed by atoms with Crippen molar-refractivity contribution in [3.05, 3.63) is 70.4 Å². The van der Waals surface area contributed by atoms with Crippen LogP contribution in [0.4, 0.5) is 0 Å². The van der Waals surface area contributed by atoms with Gasteiger partial charge in [0.05, 0.1) is 17.0 Å². The summed E-state index contributed by atoms with van der Waals surface area (Å²) in [6.07, 6.45) is 3.29. The topological polar surface area (TPSA) is 56.6 Å². The number of carbonyl (C=O) groups excluding carboxylic acids is 1. The zero-order valence-electron chi connectivity index (χ0n) is 13.2. The Hall–Kier alpha value is -2.86. The third-order valence-electron chi connectivity index (χ3n) is 5.74. The molecule has 0 amide bonds. The number of aromatic amines is 1. The average molecular weight is 312 g/mol. The summed E-state index contributed by atoms with van der Waals surface area (Å²) in [7, 11) is 0. The lowest BCUT2D eigenvalue weighted by Gasteiger charge is -2.34. The number of benzene rings is 2. The minimum absolute atomic E-state index is 0.322. The van der Waals surface area contributed by atoms with Gasteiger partial charge in [-0.2, -0.15) is 5.26 Å². The molecule has 116 valence electrons. The second-order valence-corrected chi connectivity index (χ2v) is 6.87. The van der Waals surface area contributed by atoms with Gasteiger partial charge >= 0.3 is 0 Å². The van der Waals surface area contributed by atoms with Crippen LogP contribution in [0.3, 0.4) is 0 Å². The fraction of sp³-hybridized carbons (Fsp3) is 0.238. The van der Waals surface area contributed by atoms with Gasteiger partial charge in [-0.25, -0.2) is 0 Å². The van der Waals surface area contributed by atoms with E-state index >= 15 is 0 Å². The zero-order chi connectivity index (χ0) is 16.3. The third kappa shape index (κ3) is 1.53. The van der Waals surface area contributed by atoms with Crippen LogP contribution in [0.2, 0.25) is 0 Å². The van der Waals surface area contributed by atoms with Crippen molar-refractivity contribution in [2.75, 3.05) is 0 Å². The molecule has 5 rings (SSSR count). The SMILES string of the molecule is N#Cc1ccc2c3c([nH]c2c1)C1(CCCC1=O)c1ccccc1C3. The van der Waals surface area contributed by atoms with Crippen LogP contribution in [0, 0.1) is 11.3 Å². The number of H-pyrrole nitrogens is 1. The van der Waals surface area contributed by atoms with Crippen molar-refractivity contribution in [3.63, 3.8) is 0 Å². The number of nitrogens with one attached hydrogen (secondary N) is 1. The maximum Gasteiger partial charge on any atom is 0.149 e. The molecule has 1 heterocycles. The number of carbonyl (C=O) groups is 1. The fourth-order valence-electron chi connectivity index (χ4n) is 4.71. The Kier molecular flexibility index (Phi) is 2.59. The lowest BCUT2D eigenvalue weighted by atomic mass is 9.67. The first kappa shape index (κ1) is 13.6. The first-order chi connectivity index (χ1) is 11.7. The van der Waals surface area contributed by atoms with E-state index in [-0.39, 0.29) is 0 Å². The minimum atomic E-state index is -0.518. The molecule has 24 heavy (non-hydrogen) atoms. The molecule has 2 aliphatic carbocycles. The average Bonchev–Trinajstić information content (AvgIpc) is 3.17. The van der Waals surface area contributed by atoms with Crippen molar-refractivity contribution in [1.29, 1.82) is 5.26 Å². The van der Waals surface area contributed by atoms with Crippen LogP contribution in [0.1, 0.15) is 47.2 Å². The van der Waals surface area contributed by atoms with Crippen LogP contribution >= 0.6 is 0 Å². The van der Waals surface area contributed by atoms with Crippen molar-refractivity contribution in [1.82, 2.24) is 4.98 Å². The van der Waals surface area contributed by atoms with Crippen molar-refractivity contribution in [3.8, 4) is 6.07 Å². The molecule has 1 aromatic heterocycles. The Morgan fingerprint density at radius 3 is 2.83 bits per heavy atom. The highest BCUT2D eigenvalue weighted by molar-refractivity contribution is 6.00. The standard InChI is InChI=1S/C21H16N2O/c22-12-13-7-8-15-16-11-14-4-1-2-5-17(14)21(9-3-6-19(21)24)20(16)23-18(15)10-13/h1-2,4-5,7-8,10,23H,3,6,9,11H2. The van der Waals surface area contributed by atoms with Crippen molar-refractivity contribution >= 4 is 16.7 Å². The quantitative estimate of drug-likeness (QED) is 0.682. The predicted octanol–water partition coefficient (Wildman–Crippen LogP) is 3.98. The molecule has 3 heteroatoms. The van der Waals surface area contributed by atoms with Gasteiger partial charge in [-0.05, 0) is 41.7 Å². The molecule has 0 radical (unpaired) electrons.